The van der Waals surface area contributed by atoms with Crippen LogP contribution in [-0.4, -0.2) is 11.6 Å². The molecule has 0 aliphatic carbocycles. The third-order valence-electron chi connectivity index (χ3n) is 5.54. The second-order valence-electron chi connectivity index (χ2n) is 7.75. The number of benzene rings is 4. The summed E-state index contributed by atoms with van der Waals surface area (Å²) < 4.78 is 0. The van der Waals surface area contributed by atoms with Crippen molar-refractivity contribution in [3.05, 3.63) is 143 Å². The topological polar surface area (TPSA) is 34.1 Å². The maximum absolute atomic E-state index is 11.8. The van der Waals surface area contributed by atoms with Crippen LogP contribution in [0, 0.1) is 0 Å². The predicted molar refractivity (Wildman–Crippen MR) is 131 cm³/mol. The largest absolute Gasteiger partial charge is 0.295 e. The van der Waals surface area contributed by atoms with Crippen LogP contribution >= 0.6 is 0 Å². The number of hydrogen-bond acceptors (Lipinski definition) is 2. The van der Waals surface area contributed by atoms with Crippen molar-refractivity contribution in [1.82, 2.24) is 0 Å². The first-order chi connectivity index (χ1) is 15.5. The van der Waals surface area contributed by atoms with Gasteiger partial charge in [0.25, 0.3) is 0 Å². The molecule has 0 radical (unpaired) electrons. The molecule has 4 rings (SSSR count). The molecule has 2 heteroatoms. The van der Waals surface area contributed by atoms with E-state index in [9.17, 15) is 9.59 Å². The molecule has 0 fully saturated rings. The molecular weight excluding hydrogens is 392 g/mol. The average molecular weight is 417 g/mol. The molecule has 0 heterocycles. The smallest absolute Gasteiger partial charge is 0.159 e. The molecule has 32 heavy (non-hydrogen) atoms. The Morgan fingerprint density at radius 2 is 0.625 bits per heavy atom. The Morgan fingerprint density at radius 1 is 0.375 bits per heavy atom. The highest BCUT2D eigenvalue weighted by Gasteiger charge is 2.16. The Hall–Kier alpha value is -4.04. The number of ketones is 2. The molecule has 0 N–H and O–H groups in total. The fraction of sp³-hybridized carbons (Fsp3) is 0.0667. The van der Waals surface area contributed by atoms with Gasteiger partial charge < -0.3 is 0 Å². The van der Waals surface area contributed by atoms with Crippen LogP contribution in [0.4, 0.5) is 0 Å². The Bertz CT molecular complexity index is 1160. The van der Waals surface area contributed by atoms with Crippen molar-refractivity contribution in [2.45, 2.75) is 13.8 Å². The molecule has 4 aromatic carbocycles. The molecule has 0 atom stereocenters. The van der Waals surface area contributed by atoms with Crippen molar-refractivity contribution < 1.29 is 9.59 Å². The van der Waals surface area contributed by atoms with Crippen LogP contribution in [0.15, 0.2) is 109 Å². The summed E-state index contributed by atoms with van der Waals surface area (Å²) in [6, 6.07) is 36.0. The molecule has 0 aliphatic rings. The minimum absolute atomic E-state index is 0.0462. The van der Waals surface area contributed by atoms with Gasteiger partial charge in [-0.25, -0.2) is 0 Å². The summed E-state index contributed by atoms with van der Waals surface area (Å²) in [5.41, 5.74) is 7.73. The monoisotopic (exact) mass is 416 g/mol. The molecule has 0 unspecified atom stereocenters. The van der Waals surface area contributed by atoms with E-state index in [1.165, 1.54) is 0 Å². The lowest BCUT2D eigenvalue weighted by Crippen LogP contribution is -1.99. The molecule has 0 spiro atoms. The zero-order valence-electron chi connectivity index (χ0n) is 18.2. The maximum Gasteiger partial charge on any atom is 0.159 e. The van der Waals surface area contributed by atoms with E-state index in [4.69, 9.17) is 0 Å². The first-order valence-corrected chi connectivity index (χ1v) is 10.6. The predicted octanol–water partition coefficient (Wildman–Crippen LogP) is 7.10. The summed E-state index contributed by atoms with van der Waals surface area (Å²) in [6.07, 6.45) is 0. The van der Waals surface area contributed by atoms with Crippen molar-refractivity contribution in [2.75, 3.05) is 0 Å². The van der Waals surface area contributed by atoms with Gasteiger partial charge in [-0.1, -0.05) is 109 Å². The van der Waals surface area contributed by atoms with E-state index in [0.29, 0.717) is 11.1 Å². The maximum atomic E-state index is 11.8. The molecule has 0 bridgehead atoms. The summed E-state index contributed by atoms with van der Waals surface area (Å²) >= 11 is 0. The summed E-state index contributed by atoms with van der Waals surface area (Å²) in [4.78, 5) is 23.6. The quantitative estimate of drug-likeness (QED) is 0.248. The van der Waals surface area contributed by atoms with Crippen LogP contribution in [0.2, 0.25) is 0 Å². The molecule has 4 aromatic rings. The van der Waals surface area contributed by atoms with Gasteiger partial charge in [-0.05, 0) is 47.2 Å². The third kappa shape index (κ3) is 4.50. The zero-order valence-corrected chi connectivity index (χ0v) is 18.2. The molecule has 0 saturated heterocycles. The molecular formula is C30H24O2. The van der Waals surface area contributed by atoms with Crippen LogP contribution in [0.25, 0.3) is 11.1 Å². The molecule has 2 nitrogen and oxygen atoms in total. The van der Waals surface area contributed by atoms with E-state index in [-0.39, 0.29) is 11.6 Å². The van der Waals surface area contributed by atoms with Crippen LogP contribution in [0.5, 0.6) is 0 Å². The summed E-state index contributed by atoms with van der Waals surface area (Å²) in [5, 5.41) is 0. The van der Waals surface area contributed by atoms with E-state index in [0.717, 1.165) is 33.4 Å². The first kappa shape index (κ1) is 21.2. The van der Waals surface area contributed by atoms with E-state index >= 15 is 0 Å². The van der Waals surface area contributed by atoms with Crippen LogP contribution in [-0.2, 0) is 0 Å². The van der Waals surface area contributed by atoms with E-state index in [1.54, 1.807) is 13.8 Å². The Labute approximate surface area is 188 Å². The van der Waals surface area contributed by atoms with Gasteiger partial charge in [0.05, 0.1) is 0 Å². The third-order valence-corrected chi connectivity index (χ3v) is 5.54. The number of rotatable bonds is 6. The molecule has 0 aromatic heterocycles. The lowest BCUT2D eigenvalue weighted by Gasteiger charge is -2.18. The van der Waals surface area contributed by atoms with Crippen molar-refractivity contribution in [2.24, 2.45) is 0 Å². The van der Waals surface area contributed by atoms with E-state index in [2.05, 4.69) is 24.3 Å². The minimum atomic E-state index is 0.0462. The number of Topliss-reactive ketones (excluding diaryl/α,β-unsaturated/α-hetero) is 2. The standard InChI is InChI=1S/C30H24O2/c1-21(31)23-13-17-27(18-14-23)29(25-9-5-3-6-10-25)30(26-11-7-4-8-12-26)28-19-15-24(16-20-28)22(2)32/h3-20H,1-2H3. The summed E-state index contributed by atoms with van der Waals surface area (Å²) in [6.45, 7) is 3.16. The number of hydrogen-bond donors (Lipinski definition) is 0. The Kier molecular flexibility index (Phi) is 6.23. The highest BCUT2D eigenvalue weighted by Crippen LogP contribution is 2.37. The fourth-order valence-corrected chi connectivity index (χ4v) is 3.86. The van der Waals surface area contributed by atoms with Crippen molar-refractivity contribution in [3.63, 3.8) is 0 Å². The second kappa shape index (κ2) is 9.40. The summed E-state index contributed by atoms with van der Waals surface area (Å²) in [5.74, 6) is 0.0924. The molecule has 0 saturated carbocycles. The van der Waals surface area contributed by atoms with Gasteiger partial charge in [0.1, 0.15) is 0 Å². The number of carbonyl (C=O) groups excluding carboxylic acids is 2. The van der Waals surface area contributed by atoms with Gasteiger partial charge >= 0.3 is 0 Å². The Balaban J connectivity index is 2.03. The minimum Gasteiger partial charge on any atom is -0.295 e. The van der Waals surface area contributed by atoms with Gasteiger partial charge in [-0.2, -0.15) is 0 Å². The highest BCUT2D eigenvalue weighted by molar-refractivity contribution is 6.05. The molecule has 156 valence electrons. The highest BCUT2D eigenvalue weighted by atomic mass is 16.1. The van der Waals surface area contributed by atoms with Crippen molar-refractivity contribution in [1.29, 1.82) is 0 Å². The second-order valence-corrected chi connectivity index (χ2v) is 7.75. The lowest BCUT2D eigenvalue weighted by molar-refractivity contribution is 0.100. The van der Waals surface area contributed by atoms with Crippen LogP contribution < -0.4 is 0 Å². The first-order valence-electron chi connectivity index (χ1n) is 10.6. The van der Waals surface area contributed by atoms with Gasteiger partial charge in [0, 0.05) is 11.1 Å². The molecule has 0 amide bonds. The molecule has 0 aliphatic heterocycles. The van der Waals surface area contributed by atoms with E-state index < -0.39 is 0 Å². The average Bonchev–Trinajstić information content (AvgIpc) is 2.84. The fourth-order valence-electron chi connectivity index (χ4n) is 3.86. The van der Waals surface area contributed by atoms with Gasteiger partial charge in [-0.15, -0.1) is 0 Å². The Morgan fingerprint density at radius 3 is 0.906 bits per heavy atom. The lowest BCUT2D eigenvalue weighted by atomic mass is 9.85. The van der Waals surface area contributed by atoms with Crippen LogP contribution in [0.3, 0.4) is 0 Å². The summed E-state index contributed by atoms with van der Waals surface area (Å²) in [7, 11) is 0. The van der Waals surface area contributed by atoms with E-state index in [1.807, 2.05) is 84.9 Å². The van der Waals surface area contributed by atoms with Gasteiger partial charge in [-0.3, -0.25) is 9.59 Å². The van der Waals surface area contributed by atoms with Crippen molar-refractivity contribution in [3.8, 4) is 0 Å². The SMILES string of the molecule is CC(=O)c1ccc(C(=C(c2ccccc2)c2ccc(C(C)=O)cc2)c2ccccc2)cc1. The van der Waals surface area contributed by atoms with Gasteiger partial charge in [0.2, 0.25) is 0 Å². The number of carbonyl (C=O) groups is 2. The van der Waals surface area contributed by atoms with Crippen molar-refractivity contribution >= 4 is 22.7 Å². The van der Waals surface area contributed by atoms with Gasteiger partial charge in [0.15, 0.2) is 11.6 Å². The van der Waals surface area contributed by atoms with Crippen LogP contribution in [0.1, 0.15) is 56.8 Å². The normalized spacial score (nSPS) is 11.6. The zero-order chi connectivity index (χ0) is 22.5.